The Morgan fingerprint density at radius 3 is 2.00 bits per heavy atom. The number of nitrogens with one attached hydrogen (secondary N) is 1. The smallest absolute Gasteiger partial charge is 0.261 e. The molecule has 0 heterocycles. The van der Waals surface area contributed by atoms with Crippen LogP contribution < -0.4 is 10.1 Å². The number of carbonyl (C=O) groups is 2. The number of aryl methyl sites for hydroxylation is 1. The van der Waals surface area contributed by atoms with Gasteiger partial charge in [0, 0.05) is 5.56 Å². The van der Waals surface area contributed by atoms with Crippen LogP contribution in [-0.2, 0) is 4.79 Å². The Balaban J connectivity index is 1.75. The summed E-state index contributed by atoms with van der Waals surface area (Å²) >= 11 is 0. The maximum Gasteiger partial charge on any atom is 0.261 e. The summed E-state index contributed by atoms with van der Waals surface area (Å²) in [5, 5.41) is 3.10. The highest BCUT2D eigenvalue weighted by Gasteiger charge is 2.21. The lowest BCUT2D eigenvalue weighted by Crippen LogP contribution is -2.39. The summed E-state index contributed by atoms with van der Waals surface area (Å²) in [5.74, 6) is 0.325. The first-order chi connectivity index (χ1) is 13.9. The summed E-state index contributed by atoms with van der Waals surface area (Å²) in [7, 11) is 0. The number of hydrogen-bond donors (Lipinski definition) is 1. The average molecular weight is 387 g/mol. The van der Waals surface area contributed by atoms with E-state index < -0.39 is 6.10 Å². The van der Waals surface area contributed by atoms with Crippen LogP contribution in [0.5, 0.6) is 5.75 Å². The average Bonchev–Trinajstić information content (AvgIpc) is 2.73. The van der Waals surface area contributed by atoms with Crippen LogP contribution in [0, 0.1) is 6.92 Å². The van der Waals surface area contributed by atoms with Crippen LogP contribution in [0.4, 0.5) is 0 Å². The third-order valence-electron chi connectivity index (χ3n) is 4.77. The van der Waals surface area contributed by atoms with E-state index in [9.17, 15) is 9.59 Å². The fraction of sp³-hybridized carbons (Fsp3) is 0.200. The molecule has 4 heteroatoms. The molecule has 0 saturated heterocycles. The van der Waals surface area contributed by atoms with Gasteiger partial charge in [-0.2, -0.15) is 0 Å². The molecule has 0 aliphatic carbocycles. The molecule has 0 aliphatic heterocycles. The van der Waals surface area contributed by atoms with Crippen molar-refractivity contribution in [1.29, 1.82) is 0 Å². The van der Waals surface area contributed by atoms with Crippen LogP contribution in [0.15, 0.2) is 78.9 Å². The van der Waals surface area contributed by atoms with Crippen LogP contribution in [0.1, 0.15) is 46.9 Å². The van der Waals surface area contributed by atoms with Crippen LogP contribution in [-0.4, -0.2) is 17.8 Å². The molecule has 0 saturated carbocycles. The van der Waals surface area contributed by atoms with Crippen molar-refractivity contribution in [2.24, 2.45) is 0 Å². The Kier molecular flexibility index (Phi) is 6.45. The van der Waals surface area contributed by atoms with E-state index in [1.165, 1.54) is 6.92 Å². The van der Waals surface area contributed by atoms with Gasteiger partial charge in [-0.3, -0.25) is 9.59 Å². The molecule has 1 amide bonds. The minimum absolute atomic E-state index is 0.00820. The Bertz CT molecular complexity index is 963. The third kappa shape index (κ3) is 5.32. The molecule has 3 aromatic rings. The van der Waals surface area contributed by atoms with Gasteiger partial charge in [0.2, 0.25) is 0 Å². The lowest BCUT2D eigenvalue weighted by Gasteiger charge is -2.23. The normalized spacial score (nSPS) is 12.7. The SMILES string of the molecule is CC(=O)c1ccc(OC(C)C(=O)NC(c2ccccc2)c2ccc(C)cc2)cc1. The minimum Gasteiger partial charge on any atom is -0.481 e. The summed E-state index contributed by atoms with van der Waals surface area (Å²) in [6.07, 6.45) is -0.685. The van der Waals surface area contributed by atoms with Gasteiger partial charge >= 0.3 is 0 Å². The largest absolute Gasteiger partial charge is 0.481 e. The molecule has 2 unspecified atom stereocenters. The highest BCUT2D eigenvalue weighted by Crippen LogP contribution is 2.23. The molecular weight excluding hydrogens is 362 g/mol. The summed E-state index contributed by atoms with van der Waals surface area (Å²) < 4.78 is 5.78. The minimum atomic E-state index is -0.685. The van der Waals surface area contributed by atoms with E-state index in [2.05, 4.69) is 5.32 Å². The first-order valence-electron chi connectivity index (χ1n) is 9.63. The molecule has 29 heavy (non-hydrogen) atoms. The topological polar surface area (TPSA) is 55.4 Å². The molecule has 3 aromatic carbocycles. The van der Waals surface area contributed by atoms with Gasteiger partial charge in [0.25, 0.3) is 5.91 Å². The molecule has 1 N–H and O–H groups in total. The Morgan fingerprint density at radius 1 is 0.828 bits per heavy atom. The molecule has 0 aliphatic rings. The van der Waals surface area contributed by atoms with Gasteiger partial charge in [0.15, 0.2) is 11.9 Å². The predicted molar refractivity (Wildman–Crippen MR) is 114 cm³/mol. The first kappa shape index (κ1) is 20.3. The van der Waals surface area contributed by atoms with Crippen LogP contribution in [0.3, 0.4) is 0 Å². The highest BCUT2D eigenvalue weighted by atomic mass is 16.5. The van der Waals surface area contributed by atoms with Crippen molar-refractivity contribution >= 4 is 11.7 Å². The number of benzene rings is 3. The van der Waals surface area contributed by atoms with Crippen molar-refractivity contribution in [1.82, 2.24) is 5.32 Å². The van der Waals surface area contributed by atoms with Crippen LogP contribution in [0.2, 0.25) is 0 Å². The van der Waals surface area contributed by atoms with Crippen molar-refractivity contribution < 1.29 is 14.3 Å². The molecule has 0 fully saturated rings. The van der Waals surface area contributed by atoms with E-state index >= 15 is 0 Å². The van der Waals surface area contributed by atoms with Crippen molar-refractivity contribution in [3.8, 4) is 5.75 Å². The fourth-order valence-corrected chi connectivity index (χ4v) is 3.05. The summed E-state index contributed by atoms with van der Waals surface area (Å²) in [6, 6.07) is 24.5. The molecule has 3 rings (SSSR count). The van der Waals surface area contributed by atoms with Crippen molar-refractivity contribution in [3.63, 3.8) is 0 Å². The number of hydrogen-bond acceptors (Lipinski definition) is 3. The number of ether oxygens (including phenoxy) is 1. The first-order valence-corrected chi connectivity index (χ1v) is 9.63. The number of carbonyl (C=O) groups excluding carboxylic acids is 2. The van der Waals surface area contributed by atoms with Gasteiger partial charge in [0.05, 0.1) is 6.04 Å². The van der Waals surface area contributed by atoms with Crippen LogP contribution >= 0.6 is 0 Å². The van der Waals surface area contributed by atoms with Gasteiger partial charge in [-0.15, -0.1) is 0 Å². The molecule has 0 aromatic heterocycles. The Morgan fingerprint density at radius 2 is 1.41 bits per heavy atom. The molecule has 0 spiro atoms. The fourth-order valence-electron chi connectivity index (χ4n) is 3.05. The summed E-state index contributed by atoms with van der Waals surface area (Å²) in [6.45, 7) is 5.26. The van der Waals surface area contributed by atoms with Crippen molar-refractivity contribution in [2.75, 3.05) is 0 Å². The molecule has 0 radical (unpaired) electrons. The van der Waals surface area contributed by atoms with Gasteiger partial charge < -0.3 is 10.1 Å². The van der Waals surface area contributed by atoms with E-state index in [0.29, 0.717) is 11.3 Å². The lowest BCUT2D eigenvalue weighted by molar-refractivity contribution is -0.127. The zero-order chi connectivity index (χ0) is 20.8. The van der Waals surface area contributed by atoms with E-state index in [4.69, 9.17) is 4.74 Å². The highest BCUT2D eigenvalue weighted by molar-refractivity contribution is 5.94. The van der Waals surface area contributed by atoms with E-state index in [1.807, 2.05) is 61.5 Å². The zero-order valence-corrected chi connectivity index (χ0v) is 16.9. The molecule has 4 nitrogen and oxygen atoms in total. The standard InChI is InChI=1S/C25H25NO3/c1-17-9-11-22(12-10-17)24(21-7-5-4-6-8-21)26-25(28)19(3)29-23-15-13-20(14-16-23)18(2)27/h4-16,19,24H,1-3H3,(H,26,28). The zero-order valence-electron chi connectivity index (χ0n) is 16.9. The van der Waals surface area contributed by atoms with Gasteiger partial charge in [-0.05, 0) is 56.2 Å². The number of Topliss-reactive ketones (excluding diaryl/α,β-unsaturated/α-hetero) is 1. The monoisotopic (exact) mass is 387 g/mol. The van der Waals surface area contributed by atoms with E-state index in [-0.39, 0.29) is 17.7 Å². The Labute approximate surface area is 171 Å². The predicted octanol–water partition coefficient (Wildman–Crippen LogP) is 4.87. The summed E-state index contributed by atoms with van der Waals surface area (Å²) in [5.41, 5.74) is 3.78. The molecule has 2 atom stereocenters. The van der Waals surface area contributed by atoms with Crippen LogP contribution in [0.25, 0.3) is 0 Å². The van der Waals surface area contributed by atoms with Crippen molar-refractivity contribution in [3.05, 3.63) is 101 Å². The van der Waals surface area contributed by atoms with Gasteiger partial charge in [0.1, 0.15) is 5.75 Å². The third-order valence-corrected chi connectivity index (χ3v) is 4.77. The summed E-state index contributed by atoms with van der Waals surface area (Å²) in [4.78, 5) is 24.3. The molecule has 0 bridgehead atoms. The number of ketones is 1. The molecule has 148 valence electrons. The number of amides is 1. The maximum absolute atomic E-state index is 12.9. The second kappa shape index (κ2) is 9.20. The van der Waals surface area contributed by atoms with Gasteiger partial charge in [-0.25, -0.2) is 0 Å². The second-order valence-corrected chi connectivity index (χ2v) is 7.10. The molecular formula is C25H25NO3. The van der Waals surface area contributed by atoms with Gasteiger partial charge in [-0.1, -0.05) is 60.2 Å². The Hall–Kier alpha value is -3.40. The second-order valence-electron chi connectivity index (χ2n) is 7.10. The van der Waals surface area contributed by atoms with Crippen molar-refractivity contribution in [2.45, 2.75) is 32.9 Å². The number of rotatable bonds is 7. The van der Waals surface area contributed by atoms with E-state index in [1.54, 1.807) is 31.2 Å². The quantitative estimate of drug-likeness (QED) is 0.589. The van der Waals surface area contributed by atoms with E-state index in [0.717, 1.165) is 16.7 Å². The maximum atomic E-state index is 12.9. The lowest BCUT2D eigenvalue weighted by atomic mass is 9.97.